The van der Waals surface area contributed by atoms with Crippen LogP contribution in [0.25, 0.3) is 0 Å². The maximum absolute atomic E-state index is 12.9. The molecule has 0 radical (unpaired) electrons. The van der Waals surface area contributed by atoms with Gasteiger partial charge in [0.2, 0.25) is 5.91 Å². The molecule has 2 aromatic carbocycles. The number of piperidine rings is 1. The number of amides is 2. The summed E-state index contributed by atoms with van der Waals surface area (Å²) in [6, 6.07) is 13.0. The Bertz CT molecular complexity index is 1230. The number of carboxylic acid groups (broad SMARTS) is 1. The van der Waals surface area contributed by atoms with E-state index >= 15 is 0 Å². The molecular formula is C26H32F3N3O6S. The lowest BCUT2D eigenvalue weighted by atomic mass is 9.96. The zero-order chi connectivity index (χ0) is 29.2. The van der Waals surface area contributed by atoms with Gasteiger partial charge in [-0.3, -0.25) is 14.3 Å². The monoisotopic (exact) mass is 571 g/mol. The van der Waals surface area contributed by atoms with Crippen molar-refractivity contribution < 1.29 is 41.1 Å². The SMILES string of the molecule is CCCCNC(=O)C1CCCN(C(=O)c2ccc(NS(=O)(=O)c3ccc(C)cc3)cc2)C1.O=C(O)C(F)(F)F. The van der Waals surface area contributed by atoms with Gasteiger partial charge < -0.3 is 15.3 Å². The summed E-state index contributed by atoms with van der Waals surface area (Å²) in [7, 11) is -3.70. The van der Waals surface area contributed by atoms with Crippen molar-refractivity contribution in [2.45, 2.75) is 50.6 Å². The van der Waals surface area contributed by atoms with Gasteiger partial charge in [-0.05, 0) is 62.6 Å². The molecule has 3 N–H and O–H groups in total. The fraction of sp³-hybridized carbons (Fsp3) is 0.423. The third-order valence-electron chi connectivity index (χ3n) is 5.87. The van der Waals surface area contributed by atoms with Crippen LogP contribution in [0.1, 0.15) is 48.5 Å². The summed E-state index contributed by atoms with van der Waals surface area (Å²) in [6.07, 6.45) is -1.55. The molecule has 0 saturated carbocycles. The van der Waals surface area contributed by atoms with Crippen molar-refractivity contribution in [1.82, 2.24) is 10.2 Å². The van der Waals surface area contributed by atoms with Crippen LogP contribution in [0.4, 0.5) is 18.9 Å². The largest absolute Gasteiger partial charge is 0.490 e. The number of hydrogen-bond donors (Lipinski definition) is 3. The number of hydrogen-bond acceptors (Lipinski definition) is 5. The number of benzene rings is 2. The number of unbranched alkanes of at least 4 members (excludes halogenated alkanes) is 1. The lowest BCUT2D eigenvalue weighted by Crippen LogP contribution is -2.45. The molecular weight excluding hydrogens is 539 g/mol. The molecule has 214 valence electrons. The zero-order valence-electron chi connectivity index (χ0n) is 21.6. The molecule has 39 heavy (non-hydrogen) atoms. The van der Waals surface area contributed by atoms with Gasteiger partial charge in [-0.2, -0.15) is 13.2 Å². The minimum Gasteiger partial charge on any atom is -0.475 e. The van der Waals surface area contributed by atoms with Crippen molar-refractivity contribution in [3.63, 3.8) is 0 Å². The smallest absolute Gasteiger partial charge is 0.475 e. The Labute approximate surface area is 225 Å². The number of sulfonamides is 1. The zero-order valence-corrected chi connectivity index (χ0v) is 22.4. The second-order valence-electron chi connectivity index (χ2n) is 9.03. The number of anilines is 1. The van der Waals surface area contributed by atoms with E-state index in [2.05, 4.69) is 17.0 Å². The van der Waals surface area contributed by atoms with Gasteiger partial charge in [0.05, 0.1) is 10.8 Å². The lowest BCUT2D eigenvalue weighted by molar-refractivity contribution is -0.192. The van der Waals surface area contributed by atoms with E-state index in [4.69, 9.17) is 9.90 Å². The molecule has 1 fully saturated rings. The fourth-order valence-corrected chi connectivity index (χ4v) is 4.76. The first kappa shape index (κ1) is 31.6. The minimum atomic E-state index is -5.08. The van der Waals surface area contributed by atoms with Crippen LogP contribution in [-0.2, 0) is 19.6 Å². The van der Waals surface area contributed by atoms with E-state index in [1.807, 2.05) is 6.92 Å². The molecule has 0 aromatic heterocycles. The summed E-state index contributed by atoms with van der Waals surface area (Å²) in [5, 5.41) is 10.1. The molecule has 1 atom stereocenters. The quantitative estimate of drug-likeness (QED) is 0.407. The summed E-state index contributed by atoms with van der Waals surface area (Å²) in [6.45, 7) is 5.65. The number of halogens is 3. The average Bonchev–Trinajstić information content (AvgIpc) is 2.89. The average molecular weight is 572 g/mol. The van der Waals surface area contributed by atoms with E-state index in [0.717, 1.165) is 31.2 Å². The fourth-order valence-electron chi connectivity index (χ4n) is 3.70. The van der Waals surface area contributed by atoms with Crippen molar-refractivity contribution >= 4 is 33.5 Å². The number of carbonyl (C=O) groups excluding carboxylic acids is 2. The molecule has 2 amide bonds. The summed E-state index contributed by atoms with van der Waals surface area (Å²) in [4.78, 5) is 36.1. The van der Waals surface area contributed by atoms with Crippen molar-refractivity contribution in [1.29, 1.82) is 0 Å². The van der Waals surface area contributed by atoms with E-state index in [0.29, 0.717) is 30.9 Å². The Morgan fingerprint density at radius 3 is 2.18 bits per heavy atom. The van der Waals surface area contributed by atoms with E-state index in [1.54, 1.807) is 53.4 Å². The molecule has 1 saturated heterocycles. The van der Waals surface area contributed by atoms with Crippen molar-refractivity contribution in [3.8, 4) is 0 Å². The van der Waals surface area contributed by atoms with Crippen molar-refractivity contribution in [3.05, 3.63) is 59.7 Å². The summed E-state index contributed by atoms with van der Waals surface area (Å²) >= 11 is 0. The number of aryl methyl sites for hydroxylation is 1. The van der Waals surface area contributed by atoms with Gasteiger partial charge in [0.15, 0.2) is 0 Å². The van der Waals surface area contributed by atoms with Gasteiger partial charge >= 0.3 is 12.1 Å². The molecule has 1 aliphatic rings. The third kappa shape index (κ3) is 9.89. The first-order valence-electron chi connectivity index (χ1n) is 12.3. The first-order chi connectivity index (χ1) is 18.2. The molecule has 3 rings (SSSR count). The highest BCUT2D eigenvalue weighted by Crippen LogP contribution is 2.21. The molecule has 9 nitrogen and oxygen atoms in total. The van der Waals surface area contributed by atoms with E-state index in [9.17, 15) is 31.2 Å². The molecule has 13 heteroatoms. The second kappa shape index (κ2) is 14.0. The lowest BCUT2D eigenvalue weighted by Gasteiger charge is -2.32. The number of carbonyl (C=O) groups is 3. The molecule has 0 aliphatic carbocycles. The van der Waals surface area contributed by atoms with E-state index < -0.39 is 22.2 Å². The Hall–Kier alpha value is -3.61. The van der Waals surface area contributed by atoms with E-state index in [1.165, 1.54) is 0 Å². The van der Waals surface area contributed by atoms with Crippen LogP contribution in [0.3, 0.4) is 0 Å². The van der Waals surface area contributed by atoms with Crippen LogP contribution in [0.15, 0.2) is 53.4 Å². The van der Waals surface area contributed by atoms with Crippen LogP contribution in [0.5, 0.6) is 0 Å². The number of rotatable bonds is 8. The summed E-state index contributed by atoms with van der Waals surface area (Å²) < 4.78 is 59.4. The van der Waals surface area contributed by atoms with Gasteiger partial charge in [-0.1, -0.05) is 31.0 Å². The topological polar surface area (TPSA) is 133 Å². The predicted molar refractivity (Wildman–Crippen MR) is 139 cm³/mol. The number of nitrogens with one attached hydrogen (secondary N) is 2. The summed E-state index contributed by atoms with van der Waals surface area (Å²) in [5.74, 6) is -3.08. The van der Waals surface area contributed by atoms with E-state index in [-0.39, 0.29) is 22.6 Å². The minimum absolute atomic E-state index is 0.0109. The van der Waals surface area contributed by atoms with Crippen LogP contribution >= 0.6 is 0 Å². The van der Waals surface area contributed by atoms with Crippen LogP contribution in [-0.4, -0.2) is 62.0 Å². The summed E-state index contributed by atoms with van der Waals surface area (Å²) in [5.41, 5.74) is 1.83. The first-order valence-corrected chi connectivity index (χ1v) is 13.8. The Morgan fingerprint density at radius 1 is 1.05 bits per heavy atom. The van der Waals surface area contributed by atoms with Crippen LogP contribution in [0, 0.1) is 12.8 Å². The van der Waals surface area contributed by atoms with Gasteiger partial charge in [-0.15, -0.1) is 0 Å². The third-order valence-corrected chi connectivity index (χ3v) is 7.26. The molecule has 1 heterocycles. The second-order valence-corrected chi connectivity index (χ2v) is 10.7. The van der Waals surface area contributed by atoms with Gasteiger partial charge in [0.1, 0.15) is 0 Å². The Morgan fingerprint density at radius 2 is 1.64 bits per heavy atom. The highest BCUT2D eigenvalue weighted by Gasteiger charge is 2.38. The maximum atomic E-state index is 12.9. The standard InChI is InChI=1S/C24H31N3O4S.C2HF3O2/c1-3-4-15-25-23(28)20-6-5-16-27(17-20)24(29)19-9-11-21(12-10-19)26-32(30,31)22-13-7-18(2)8-14-22;3-2(4,5)1(6)7/h7-14,20,26H,3-6,15-17H2,1-2H3,(H,25,28);(H,6,7). The van der Waals surface area contributed by atoms with Crippen molar-refractivity contribution in [2.75, 3.05) is 24.4 Å². The molecule has 0 bridgehead atoms. The highest BCUT2D eigenvalue weighted by molar-refractivity contribution is 7.92. The number of carboxylic acids is 1. The Balaban J connectivity index is 0.000000673. The van der Waals surface area contributed by atoms with Gasteiger partial charge in [0, 0.05) is 30.9 Å². The maximum Gasteiger partial charge on any atom is 0.490 e. The molecule has 1 aliphatic heterocycles. The molecule has 1 unspecified atom stereocenters. The number of aliphatic carboxylic acids is 1. The Kier molecular flexibility index (Phi) is 11.3. The van der Waals surface area contributed by atoms with Gasteiger partial charge in [-0.25, -0.2) is 13.2 Å². The molecule has 2 aromatic rings. The van der Waals surface area contributed by atoms with Crippen LogP contribution in [0.2, 0.25) is 0 Å². The predicted octanol–water partition coefficient (Wildman–Crippen LogP) is 4.20. The highest BCUT2D eigenvalue weighted by atomic mass is 32.2. The number of nitrogens with zero attached hydrogens (tertiary/aromatic N) is 1. The van der Waals surface area contributed by atoms with Crippen molar-refractivity contribution in [2.24, 2.45) is 5.92 Å². The number of likely N-dealkylation sites (tertiary alicyclic amines) is 1. The molecule has 0 spiro atoms. The van der Waals surface area contributed by atoms with Gasteiger partial charge in [0.25, 0.3) is 15.9 Å². The number of alkyl halides is 3. The normalized spacial score (nSPS) is 15.5. The van der Waals surface area contributed by atoms with Crippen LogP contribution < -0.4 is 10.0 Å².